The van der Waals surface area contributed by atoms with E-state index in [1.807, 2.05) is 18.2 Å². The molecule has 0 saturated heterocycles. The standard InChI is InChI=1S/C15H16BrN/c1-11(2)9-12-5-3-6-13(10-12)14-7-4-8-15(16)17-14/h3-8,10-11H,9H2,1-2H3. The highest BCUT2D eigenvalue weighted by molar-refractivity contribution is 9.10. The number of rotatable bonds is 3. The molecule has 2 aromatic rings. The molecule has 0 saturated carbocycles. The highest BCUT2D eigenvalue weighted by Gasteiger charge is 2.02. The summed E-state index contributed by atoms with van der Waals surface area (Å²) in [4.78, 5) is 4.48. The van der Waals surface area contributed by atoms with E-state index in [0.29, 0.717) is 5.92 Å². The zero-order valence-corrected chi connectivity index (χ0v) is 11.7. The first kappa shape index (κ1) is 12.3. The maximum Gasteiger partial charge on any atom is 0.106 e. The van der Waals surface area contributed by atoms with Gasteiger partial charge >= 0.3 is 0 Å². The lowest BCUT2D eigenvalue weighted by molar-refractivity contribution is 0.647. The molecule has 0 fully saturated rings. The summed E-state index contributed by atoms with van der Waals surface area (Å²) < 4.78 is 0.879. The molecule has 0 unspecified atom stereocenters. The Kier molecular flexibility index (Phi) is 3.95. The van der Waals surface area contributed by atoms with Gasteiger partial charge in [0.1, 0.15) is 4.60 Å². The van der Waals surface area contributed by atoms with Gasteiger partial charge in [0.25, 0.3) is 0 Å². The lowest BCUT2D eigenvalue weighted by atomic mass is 10.00. The molecule has 0 aliphatic heterocycles. The number of pyridine rings is 1. The molecule has 88 valence electrons. The Morgan fingerprint density at radius 1 is 1.12 bits per heavy atom. The Morgan fingerprint density at radius 2 is 1.88 bits per heavy atom. The average Bonchev–Trinajstić information content (AvgIpc) is 2.28. The summed E-state index contributed by atoms with van der Waals surface area (Å²) in [5.41, 5.74) is 3.58. The van der Waals surface area contributed by atoms with E-state index >= 15 is 0 Å². The first-order valence-corrected chi connectivity index (χ1v) is 6.66. The molecule has 0 amide bonds. The van der Waals surface area contributed by atoms with Crippen LogP contribution in [0.4, 0.5) is 0 Å². The first-order valence-electron chi connectivity index (χ1n) is 5.87. The van der Waals surface area contributed by atoms with Gasteiger partial charge in [-0.25, -0.2) is 4.98 Å². The summed E-state index contributed by atoms with van der Waals surface area (Å²) in [7, 11) is 0. The van der Waals surface area contributed by atoms with Gasteiger partial charge in [-0.3, -0.25) is 0 Å². The van der Waals surface area contributed by atoms with E-state index < -0.39 is 0 Å². The van der Waals surface area contributed by atoms with Crippen molar-refractivity contribution in [1.82, 2.24) is 4.98 Å². The van der Waals surface area contributed by atoms with Crippen LogP contribution < -0.4 is 0 Å². The molecule has 0 bridgehead atoms. The molecule has 1 aromatic heterocycles. The van der Waals surface area contributed by atoms with Crippen molar-refractivity contribution in [1.29, 1.82) is 0 Å². The van der Waals surface area contributed by atoms with Crippen LogP contribution in [-0.4, -0.2) is 4.98 Å². The predicted molar refractivity (Wildman–Crippen MR) is 75.9 cm³/mol. The van der Waals surface area contributed by atoms with Gasteiger partial charge in [-0.05, 0) is 52.0 Å². The second kappa shape index (κ2) is 5.46. The van der Waals surface area contributed by atoms with Crippen LogP contribution in [0.15, 0.2) is 47.1 Å². The fraction of sp³-hybridized carbons (Fsp3) is 0.267. The van der Waals surface area contributed by atoms with E-state index in [4.69, 9.17) is 0 Å². The van der Waals surface area contributed by atoms with Crippen molar-refractivity contribution in [2.24, 2.45) is 5.92 Å². The van der Waals surface area contributed by atoms with E-state index in [1.54, 1.807) is 0 Å². The molecular weight excluding hydrogens is 274 g/mol. The van der Waals surface area contributed by atoms with Crippen LogP contribution in [0.2, 0.25) is 0 Å². The number of nitrogens with zero attached hydrogens (tertiary/aromatic N) is 1. The smallest absolute Gasteiger partial charge is 0.106 e. The Balaban J connectivity index is 2.33. The number of benzene rings is 1. The zero-order chi connectivity index (χ0) is 12.3. The molecular formula is C15H16BrN. The number of halogens is 1. The molecule has 0 N–H and O–H groups in total. The van der Waals surface area contributed by atoms with Crippen LogP contribution >= 0.6 is 15.9 Å². The topological polar surface area (TPSA) is 12.9 Å². The van der Waals surface area contributed by atoms with Crippen molar-refractivity contribution < 1.29 is 0 Å². The Hall–Kier alpha value is -1.15. The van der Waals surface area contributed by atoms with Gasteiger partial charge in [-0.2, -0.15) is 0 Å². The van der Waals surface area contributed by atoms with Gasteiger partial charge in [-0.15, -0.1) is 0 Å². The normalized spacial score (nSPS) is 10.8. The minimum atomic E-state index is 0.681. The van der Waals surface area contributed by atoms with Gasteiger partial charge in [0.15, 0.2) is 0 Å². The Bertz CT molecular complexity index is 506. The number of aromatic nitrogens is 1. The minimum absolute atomic E-state index is 0.681. The quantitative estimate of drug-likeness (QED) is 0.746. The van der Waals surface area contributed by atoms with E-state index in [2.05, 4.69) is 59.0 Å². The first-order chi connectivity index (χ1) is 8.15. The molecule has 2 rings (SSSR count). The Labute approximate surface area is 111 Å². The largest absolute Gasteiger partial charge is 0.241 e. The molecule has 0 radical (unpaired) electrons. The van der Waals surface area contributed by atoms with Crippen molar-refractivity contribution in [3.63, 3.8) is 0 Å². The van der Waals surface area contributed by atoms with Gasteiger partial charge in [0.2, 0.25) is 0 Å². The predicted octanol–water partition coefficient (Wildman–Crippen LogP) is 4.71. The van der Waals surface area contributed by atoms with E-state index in [1.165, 1.54) is 11.1 Å². The molecule has 2 heteroatoms. The van der Waals surface area contributed by atoms with Gasteiger partial charge in [-0.1, -0.05) is 38.1 Å². The second-order valence-corrected chi connectivity index (χ2v) is 5.46. The summed E-state index contributed by atoms with van der Waals surface area (Å²) in [5.74, 6) is 0.681. The molecule has 0 aliphatic carbocycles. The number of hydrogen-bond donors (Lipinski definition) is 0. The third-order valence-electron chi connectivity index (χ3n) is 2.58. The highest BCUT2D eigenvalue weighted by Crippen LogP contribution is 2.21. The maximum absolute atomic E-state index is 4.48. The van der Waals surface area contributed by atoms with Gasteiger partial charge in [0, 0.05) is 5.56 Å². The summed E-state index contributed by atoms with van der Waals surface area (Å²) in [5, 5.41) is 0. The van der Waals surface area contributed by atoms with Crippen molar-refractivity contribution in [3.05, 3.63) is 52.6 Å². The van der Waals surface area contributed by atoms with Crippen LogP contribution in [0.3, 0.4) is 0 Å². The summed E-state index contributed by atoms with van der Waals surface area (Å²) in [6.45, 7) is 4.48. The average molecular weight is 290 g/mol. The summed E-state index contributed by atoms with van der Waals surface area (Å²) in [6.07, 6.45) is 1.11. The second-order valence-electron chi connectivity index (χ2n) is 4.64. The molecule has 1 nitrogen and oxygen atoms in total. The fourth-order valence-corrected chi connectivity index (χ4v) is 2.24. The third-order valence-corrected chi connectivity index (χ3v) is 3.02. The molecule has 1 heterocycles. The van der Waals surface area contributed by atoms with Crippen LogP contribution in [-0.2, 0) is 6.42 Å². The lowest BCUT2D eigenvalue weighted by Crippen LogP contribution is -1.94. The SMILES string of the molecule is CC(C)Cc1cccc(-c2cccc(Br)n2)c1. The highest BCUT2D eigenvalue weighted by atomic mass is 79.9. The lowest BCUT2D eigenvalue weighted by Gasteiger charge is -2.07. The summed E-state index contributed by atoms with van der Waals surface area (Å²) >= 11 is 3.41. The maximum atomic E-state index is 4.48. The monoisotopic (exact) mass is 289 g/mol. The molecule has 0 atom stereocenters. The van der Waals surface area contributed by atoms with Crippen LogP contribution in [0.5, 0.6) is 0 Å². The zero-order valence-electron chi connectivity index (χ0n) is 10.2. The van der Waals surface area contributed by atoms with Crippen LogP contribution in [0.1, 0.15) is 19.4 Å². The molecule has 0 spiro atoms. The van der Waals surface area contributed by atoms with E-state index in [-0.39, 0.29) is 0 Å². The molecule has 1 aromatic carbocycles. The summed E-state index contributed by atoms with van der Waals surface area (Å²) in [6, 6.07) is 14.6. The van der Waals surface area contributed by atoms with Gasteiger partial charge in [0.05, 0.1) is 5.69 Å². The van der Waals surface area contributed by atoms with Crippen LogP contribution in [0.25, 0.3) is 11.3 Å². The Morgan fingerprint density at radius 3 is 2.59 bits per heavy atom. The van der Waals surface area contributed by atoms with Crippen molar-refractivity contribution in [2.45, 2.75) is 20.3 Å². The minimum Gasteiger partial charge on any atom is -0.241 e. The van der Waals surface area contributed by atoms with Crippen molar-refractivity contribution >= 4 is 15.9 Å². The van der Waals surface area contributed by atoms with Crippen molar-refractivity contribution in [2.75, 3.05) is 0 Å². The van der Waals surface area contributed by atoms with E-state index in [0.717, 1.165) is 16.7 Å². The third kappa shape index (κ3) is 3.40. The van der Waals surface area contributed by atoms with Gasteiger partial charge < -0.3 is 0 Å². The van der Waals surface area contributed by atoms with E-state index in [9.17, 15) is 0 Å². The van der Waals surface area contributed by atoms with Crippen LogP contribution in [0, 0.1) is 5.92 Å². The molecule has 0 aliphatic rings. The molecule has 17 heavy (non-hydrogen) atoms. The fourth-order valence-electron chi connectivity index (χ4n) is 1.90. The number of hydrogen-bond acceptors (Lipinski definition) is 1. The van der Waals surface area contributed by atoms with Crippen molar-refractivity contribution in [3.8, 4) is 11.3 Å².